The first kappa shape index (κ1) is 15.1. The van der Waals surface area contributed by atoms with Crippen molar-refractivity contribution in [3.63, 3.8) is 0 Å². The van der Waals surface area contributed by atoms with Gasteiger partial charge < -0.3 is 11.1 Å². The highest BCUT2D eigenvalue weighted by molar-refractivity contribution is 9.11. The van der Waals surface area contributed by atoms with Crippen LogP contribution in [0.5, 0.6) is 0 Å². The number of hydrogen-bond acceptors (Lipinski definition) is 3. The summed E-state index contributed by atoms with van der Waals surface area (Å²) >= 11 is 5.13. The number of benzene rings is 1. The number of thiophene rings is 1. The Kier molecular flexibility index (Phi) is 5.61. The smallest absolute Gasteiger partial charge is 0.220 e. The molecule has 0 saturated heterocycles. The quantitative estimate of drug-likeness (QED) is 0.783. The SMILES string of the molecule is Nc1cccc(CCC(=O)NCCc2ccc(Br)s2)c1. The lowest BCUT2D eigenvalue weighted by atomic mass is 10.1. The zero-order valence-corrected chi connectivity index (χ0v) is 13.5. The molecule has 2 aromatic rings. The van der Waals surface area contributed by atoms with E-state index in [0.717, 1.165) is 27.9 Å². The number of amides is 1. The van der Waals surface area contributed by atoms with Crippen LogP contribution in [0.4, 0.5) is 5.69 Å². The number of hydrogen-bond donors (Lipinski definition) is 2. The fourth-order valence-electron chi connectivity index (χ4n) is 1.91. The Morgan fingerprint density at radius 2 is 2.10 bits per heavy atom. The summed E-state index contributed by atoms with van der Waals surface area (Å²) in [7, 11) is 0. The van der Waals surface area contributed by atoms with Crippen molar-refractivity contribution in [3.05, 3.63) is 50.6 Å². The van der Waals surface area contributed by atoms with E-state index in [-0.39, 0.29) is 5.91 Å². The molecule has 0 saturated carbocycles. The second-order valence-corrected chi connectivity index (χ2v) is 7.10. The molecule has 0 radical (unpaired) electrons. The maximum absolute atomic E-state index is 11.7. The third kappa shape index (κ3) is 4.98. The molecule has 0 spiro atoms. The summed E-state index contributed by atoms with van der Waals surface area (Å²) in [6, 6.07) is 11.8. The number of carbonyl (C=O) groups excluding carboxylic acids is 1. The number of aryl methyl sites for hydroxylation is 1. The van der Waals surface area contributed by atoms with Crippen molar-refractivity contribution in [1.82, 2.24) is 5.32 Å². The number of rotatable bonds is 6. The number of halogens is 1. The van der Waals surface area contributed by atoms with Gasteiger partial charge in [-0.05, 0) is 58.6 Å². The second kappa shape index (κ2) is 7.45. The van der Waals surface area contributed by atoms with Crippen LogP contribution in [0.3, 0.4) is 0 Å². The van der Waals surface area contributed by atoms with Gasteiger partial charge in [-0.3, -0.25) is 4.79 Å². The Labute approximate surface area is 131 Å². The van der Waals surface area contributed by atoms with Crippen LogP contribution >= 0.6 is 27.3 Å². The van der Waals surface area contributed by atoms with Crippen LogP contribution in [0.1, 0.15) is 16.9 Å². The van der Waals surface area contributed by atoms with Gasteiger partial charge in [0, 0.05) is 23.5 Å². The number of carbonyl (C=O) groups is 1. The summed E-state index contributed by atoms with van der Waals surface area (Å²) < 4.78 is 1.13. The third-order valence-corrected chi connectivity index (χ3v) is 4.60. The topological polar surface area (TPSA) is 55.1 Å². The molecule has 0 bridgehead atoms. The zero-order valence-electron chi connectivity index (χ0n) is 11.1. The molecule has 3 nitrogen and oxygen atoms in total. The molecule has 106 valence electrons. The van der Waals surface area contributed by atoms with E-state index < -0.39 is 0 Å². The molecule has 2 rings (SSSR count). The molecular weight excluding hydrogens is 336 g/mol. The predicted molar refractivity (Wildman–Crippen MR) is 87.9 cm³/mol. The second-order valence-electron chi connectivity index (χ2n) is 4.55. The largest absolute Gasteiger partial charge is 0.399 e. The van der Waals surface area contributed by atoms with Crippen molar-refractivity contribution in [2.45, 2.75) is 19.3 Å². The van der Waals surface area contributed by atoms with Crippen molar-refractivity contribution in [2.24, 2.45) is 0 Å². The Balaban J connectivity index is 1.68. The average molecular weight is 353 g/mol. The summed E-state index contributed by atoms with van der Waals surface area (Å²) in [5, 5.41) is 2.95. The van der Waals surface area contributed by atoms with Crippen molar-refractivity contribution < 1.29 is 4.79 Å². The fourth-order valence-corrected chi connectivity index (χ4v) is 3.39. The first-order chi connectivity index (χ1) is 9.63. The molecule has 0 aliphatic carbocycles. The van der Waals surface area contributed by atoms with Gasteiger partial charge in [0.1, 0.15) is 0 Å². The fraction of sp³-hybridized carbons (Fsp3) is 0.267. The normalized spacial score (nSPS) is 10.4. The molecule has 1 heterocycles. The van der Waals surface area contributed by atoms with Gasteiger partial charge >= 0.3 is 0 Å². The van der Waals surface area contributed by atoms with Crippen molar-refractivity contribution in [1.29, 1.82) is 0 Å². The van der Waals surface area contributed by atoms with E-state index in [0.29, 0.717) is 13.0 Å². The Hall–Kier alpha value is -1.33. The summed E-state index contributed by atoms with van der Waals surface area (Å²) in [4.78, 5) is 13.0. The Morgan fingerprint density at radius 1 is 1.25 bits per heavy atom. The van der Waals surface area contributed by atoms with Gasteiger partial charge in [0.25, 0.3) is 0 Å². The standard InChI is InChI=1S/C15H17BrN2OS/c16-14-6-5-13(20-14)8-9-18-15(19)7-4-11-2-1-3-12(17)10-11/h1-3,5-6,10H,4,7-9,17H2,(H,18,19). The third-order valence-electron chi connectivity index (χ3n) is 2.91. The first-order valence-corrected chi connectivity index (χ1v) is 8.10. The molecule has 0 atom stereocenters. The van der Waals surface area contributed by atoms with Crippen molar-refractivity contribution in [3.8, 4) is 0 Å². The summed E-state index contributed by atoms with van der Waals surface area (Å²) in [5.74, 6) is 0.0862. The van der Waals surface area contributed by atoms with Gasteiger partial charge in [-0.15, -0.1) is 11.3 Å². The molecule has 0 unspecified atom stereocenters. The molecule has 1 aromatic heterocycles. The van der Waals surface area contributed by atoms with Crippen LogP contribution in [-0.4, -0.2) is 12.5 Å². The van der Waals surface area contributed by atoms with Gasteiger partial charge in [-0.25, -0.2) is 0 Å². The summed E-state index contributed by atoms with van der Waals surface area (Å²) in [5.41, 5.74) is 7.55. The molecule has 0 fully saturated rings. The minimum absolute atomic E-state index is 0.0862. The maximum Gasteiger partial charge on any atom is 0.220 e. The molecule has 5 heteroatoms. The Bertz CT molecular complexity index is 583. The van der Waals surface area contributed by atoms with E-state index in [1.54, 1.807) is 11.3 Å². The monoisotopic (exact) mass is 352 g/mol. The van der Waals surface area contributed by atoms with Crippen LogP contribution in [0.2, 0.25) is 0 Å². The zero-order chi connectivity index (χ0) is 14.4. The summed E-state index contributed by atoms with van der Waals surface area (Å²) in [6.07, 6.45) is 2.10. The van der Waals surface area contributed by atoms with E-state index in [9.17, 15) is 4.79 Å². The number of nitrogens with one attached hydrogen (secondary N) is 1. The summed E-state index contributed by atoms with van der Waals surface area (Å²) in [6.45, 7) is 0.683. The number of nitrogen functional groups attached to an aromatic ring is 1. The lowest BCUT2D eigenvalue weighted by molar-refractivity contribution is -0.121. The van der Waals surface area contributed by atoms with E-state index in [1.807, 2.05) is 30.3 Å². The minimum Gasteiger partial charge on any atom is -0.399 e. The van der Waals surface area contributed by atoms with Gasteiger partial charge in [-0.2, -0.15) is 0 Å². The highest BCUT2D eigenvalue weighted by Gasteiger charge is 2.03. The van der Waals surface area contributed by atoms with E-state index in [2.05, 4.69) is 27.3 Å². The van der Waals surface area contributed by atoms with Crippen LogP contribution in [0.15, 0.2) is 40.2 Å². The molecule has 0 aliphatic rings. The van der Waals surface area contributed by atoms with E-state index in [1.165, 1.54) is 4.88 Å². The maximum atomic E-state index is 11.7. The van der Waals surface area contributed by atoms with Crippen LogP contribution < -0.4 is 11.1 Å². The van der Waals surface area contributed by atoms with Gasteiger partial charge in [-0.1, -0.05) is 12.1 Å². The molecule has 20 heavy (non-hydrogen) atoms. The van der Waals surface area contributed by atoms with E-state index >= 15 is 0 Å². The highest BCUT2D eigenvalue weighted by atomic mass is 79.9. The van der Waals surface area contributed by atoms with Gasteiger partial charge in [0.2, 0.25) is 5.91 Å². The molecular formula is C15H17BrN2OS. The van der Waals surface area contributed by atoms with Crippen LogP contribution in [0, 0.1) is 0 Å². The predicted octanol–water partition coefficient (Wildman–Crippen LogP) is 3.38. The van der Waals surface area contributed by atoms with Gasteiger partial charge in [0.05, 0.1) is 3.79 Å². The lowest BCUT2D eigenvalue weighted by Crippen LogP contribution is -2.25. The molecule has 1 amide bonds. The van der Waals surface area contributed by atoms with Crippen molar-refractivity contribution >= 4 is 38.9 Å². The average Bonchev–Trinajstić information content (AvgIpc) is 2.82. The number of nitrogens with two attached hydrogens (primary N) is 1. The van der Waals surface area contributed by atoms with Crippen LogP contribution in [0.25, 0.3) is 0 Å². The molecule has 1 aromatic carbocycles. The van der Waals surface area contributed by atoms with E-state index in [4.69, 9.17) is 5.73 Å². The molecule has 0 aliphatic heterocycles. The Morgan fingerprint density at radius 3 is 2.80 bits per heavy atom. The van der Waals surface area contributed by atoms with Crippen LogP contribution in [-0.2, 0) is 17.6 Å². The molecule has 3 N–H and O–H groups in total. The first-order valence-electron chi connectivity index (χ1n) is 6.49. The highest BCUT2D eigenvalue weighted by Crippen LogP contribution is 2.22. The van der Waals surface area contributed by atoms with Gasteiger partial charge in [0.15, 0.2) is 0 Å². The number of anilines is 1. The van der Waals surface area contributed by atoms with Crippen molar-refractivity contribution in [2.75, 3.05) is 12.3 Å². The lowest BCUT2D eigenvalue weighted by Gasteiger charge is -2.05. The minimum atomic E-state index is 0.0862.